The monoisotopic (exact) mass is 266 g/mol. The number of pyridine rings is 1. The van der Waals surface area contributed by atoms with Crippen molar-refractivity contribution in [3.63, 3.8) is 0 Å². The predicted molar refractivity (Wildman–Crippen MR) is 65.4 cm³/mol. The molecule has 0 saturated heterocycles. The number of carbonyl (C=O) groups is 1. The maximum Gasteiger partial charge on any atom is 0.313 e. The number of nitrogens with zero attached hydrogens (tertiary/aromatic N) is 3. The van der Waals surface area contributed by atoms with Crippen LogP contribution in [0.25, 0.3) is 11.4 Å². The van der Waals surface area contributed by atoms with Gasteiger partial charge in [0.15, 0.2) is 11.0 Å². The molecule has 0 aromatic carbocycles. The van der Waals surface area contributed by atoms with Crippen LogP contribution in [0.4, 0.5) is 0 Å². The van der Waals surface area contributed by atoms with E-state index in [1.807, 2.05) is 0 Å². The molecule has 94 valence electrons. The molecule has 7 nitrogen and oxygen atoms in total. The first kappa shape index (κ1) is 12.4. The van der Waals surface area contributed by atoms with Crippen LogP contribution in [-0.4, -0.2) is 36.6 Å². The third-order valence-corrected chi connectivity index (χ3v) is 3.21. The summed E-state index contributed by atoms with van der Waals surface area (Å²) in [4.78, 5) is 24.0. The summed E-state index contributed by atoms with van der Waals surface area (Å²) in [6.07, 6.45) is 1.54. The Morgan fingerprint density at radius 3 is 2.89 bits per heavy atom. The Kier molecular flexibility index (Phi) is 3.47. The Morgan fingerprint density at radius 2 is 2.28 bits per heavy atom. The van der Waals surface area contributed by atoms with Gasteiger partial charge in [0, 0.05) is 24.9 Å². The molecule has 0 fully saturated rings. The number of aromatic nitrogens is 4. The number of carboxylic acid groups (broad SMARTS) is 1. The highest BCUT2D eigenvalue weighted by molar-refractivity contribution is 7.99. The molecule has 2 N–H and O–H groups in total. The van der Waals surface area contributed by atoms with Gasteiger partial charge in [-0.1, -0.05) is 11.8 Å². The Hall–Kier alpha value is -2.09. The highest BCUT2D eigenvalue weighted by atomic mass is 32.2. The molecule has 8 heteroatoms. The van der Waals surface area contributed by atoms with Gasteiger partial charge in [-0.2, -0.15) is 0 Å². The van der Waals surface area contributed by atoms with E-state index in [2.05, 4.69) is 15.2 Å². The van der Waals surface area contributed by atoms with E-state index in [1.54, 1.807) is 17.7 Å². The number of aliphatic carboxylic acids is 1. The van der Waals surface area contributed by atoms with Crippen LogP contribution in [0.1, 0.15) is 0 Å². The molecule has 18 heavy (non-hydrogen) atoms. The van der Waals surface area contributed by atoms with Crippen LogP contribution in [0.15, 0.2) is 28.3 Å². The fraction of sp³-hybridized carbons (Fsp3) is 0.200. The van der Waals surface area contributed by atoms with Gasteiger partial charge in [0.25, 0.3) is 0 Å². The molecule has 0 bridgehead atoms. The van der Waals surface area contributed by atoms with Gasteiger partial charge in [-0.3, -0.25) is 9.59 Å². The molecular formula is C10H10N4O3S. The van der Waals surface area contributed by atoms with Gasteiger partial charge in [0.05, 0.1) is 5.75 Å². The largest absolute Gasteiger partial charge is 0.481 e. The zero-order valence-electron chi connectivity index (χ0n) is 9.45. The van der Waals surface area contributed by atoms with E-state index in [4.69, 9.17) is 5.11 Å². The third kappa shape index (κ3) is 2.59. The third-order valence-electron chi connectivity index (χ3n) is 2.20. The second kappa shape index (κ2) is 5.05. The summed E-state index contributed by atoms with van der Waals surface area (Å²) in [6, 6.07) is 3.03. The Morgan fingerprint density at radius 1 is 1.50 bits per heavy atom. The maximum absolute atomic E-state index is 11.0. The summed E-state index contributed by atoms with van der Waals surface area (Å²) in [5.41, 5.74) is 0.521. The topological polar surface area (TPSA) is 101 Å². The number of rotatable bonds is 4. The van der Waals surface area contributed by atoms with Crippen molar-refractivity contribution in [2.45, 2.75) is 5.16 Å². The number of thioether (sulfide) groups is 1. The lowest BCUT2D eigenvalue weighted by Crippen LogP contribution is -2.03. The molecule has 0 aliphatic carbocycles. The summed E-state index contributed by atoms with van der Waals surface area (Å²) in [7, 11) is 1.74. The van der Waals surface area contributed by atoms with Crippen molar-refractivity contribution in [3.05, 3.63) is 28.7 Å². The van der Waals surface area contributed by atoms with Crippen molar-refractivity contribution < 1.29 is 9.90 Å². The number of aromatic amines is 1. The van der Waals surface area contributed by atoms with Crippen LogP contribution in [-0.2, 0) is 11.8 Å². The SMILES string of the molecule is Cn1c(SCC(=O)O)nnc1-c1ccc(=O)[nH]c1. The van der Waals surface area contributed by atoms with Gasteiger partial charge in [-0.05, 0) is 6.07 Å². The first-order valence-electron chi connectivity index (χ1n) is 5.01. The van der Waals surface area contributed by atoms with E-state index >= 15 is 0 Å². The fourth-order valence-corrected chi connectivity index (χ4v) is 2.00. The van der Waals surface area contributed by atoms with Crippen LogP contribution in [0, 0.1) is 0 Å². The summed E-state index contributed by atoms with van der Waals surface area (Å²) < 4.78 is 1.68. The molecule has 0 amide bonds. The van der Waals surface area contributed by atoms with Crippen LogP contribution in [0.2, 0.25) is 0 Å². The van der Waals surface area contributed by atoms with Gasteiger partial charge in [-0.25, -0.2) is 0 Å². The van der Waals surface area contributed by atoms with E-state index in [0.717, 1.165) is 11.8 Å². The van der Waals surface area contributed by atoms with Gasteiger partial charge in [0.1, 0.15) is 0 Å². The average molecular weight is 266 g/mol. The highest BCUT2D eigenvalue weighted by Gasteiger charge is 2.12. The molecule has 0 atom stereocenters. The quantitative estimate of drug-likeness (QED) is 0.774. The van der Waals surface area contributed by atoms with Crippen molar-refractivity contribution in [1.29, 1.82) is 0 Å². The summed E-state index contributed by atoms with van der Waals surface area (Å²) in [5.74, 6) is -0.412. The van der Waals surface area contributed by atoms with Crippen molar-refractivity contribution in [1.82, 2.24) is 19.7 Å². The van der Waals surface area contributed by atoms with E-state index < -0.39 is 5.97 Å². The van der Waals surface area contributed by atoms with Crippen LogP contribution in [0.3, 0.4) is 0 Å². The van der Waals surface area contributed by atoms with E-state index in [1.165, 1.54) is 12.3 Å². The number of hydrogen-bond donors (Lipinski definition) is 2. The first-order valence-corrected chi connectivity index (χ1v) is 5.99. The minimum absolute atomic E-state index is 0.0718. The molecular weight excluding hydrogens is 256 g/mol. The second-order valence-electron chi connectivity index (χ2n) is 3.49. The lowest BCUT2D eigenvalue weighted by Gasteiger charge is -2.02. The minimum Gasteiger partial charge on any atom is -0.481 e. The molecule has 2 aromatic heterocycles. The number of hydrogen-bond acceptors (Lipinski definition) is 5. The number of H-pyrrole nitrogens is 1. The molecule has 0 spiro atoms. The van der Waals surface area contributed by atoms with Crippen molar-refractivity contribution >= 4 is 17.7 Å². The molecule has 2 rings (SSSR count). The molecule has 2 aromatic rings. The summed E-state index contributed by atoms with van der Waals surface area (Å²) >= 11 is 1.09. The second-order valence-corrected chi connectivity index (χ2v) is 4.43. The zero-order chi connectivity index (χ0) is 13.1. The van der Waals surface area contributed by atoms with Gasteiger partial charge < -0.3 is 14.7 Å². The fourth-order valence-electron chi connectivity index (χ4n) is 1.37. The first-order chi connectivity index (χ1) is 8.58. The van der Waals surface area contributed by atoms with Crippen LogP contribution in [0.5, 0.6) is 0 Å². The van der Waals surface area contributed by atoms with Crippen molar-refractivity contribution in [2.75, 3.05) is 5.75 Å². The van der Waals surface area contributed by atoms with Crippen LogP contribution >= 0.6 is 11.8 Å². The predicted octanol–water partition coefficient (Wildman–Crippen LogP) is 0.347. The Balaban J connectivity index is 2.27. The minimum atomic E-state index is -0.909. The zero-order valence-corrected chi connectivity index (χ0v) is 10.3. The van der Waals surface area contributed by atoms with Gasteiger partial charge in [-0.15, -0.1) is 10.2 Å². The average Bonchev–Trinajstić information content (AvgIpc) is 2.69. The highest BCUT2D eigenvalue weighted by Crippen LogP contribution is 2.21. The Bertz CT molecular complexity index is 614. The smallest absolute Gasteiger partial charge is 0.313 e. The molecule has 0 radical (unpaired) electrons. The lowest BCUT2D eigenvalue weighted by atomic mass is 10.3. The van der Waals surface area contributed by atoms with Crippen LogP contribution < -0.4 is 5.56 Å². The maximum atomic E-state index is 11.0. The van der Waals surface area contributed by atoms with E-state index in [9.17, 15) is 9.59 Å². The van der Waals surface area contributed by atoms with Crippen molar-refractivity contribution in [2.24, 2.45) is 7.05 Å². The molecule has 2 heterocycles. The molecule has 0 aliphatic heterocycles. The van der Waals surface area contributed by atoms with Crippen molar-refractivity contribution in [3.8, 4) is 11.4 Å². The summed E-state index contributed by atoms with van der Waals surface area (Å²) in [5, 5.41) is 17.0. The number of carboxylic acids is 1. The molecule has 0 saturated carbocycles. The Labute approximate surface area is 106 Å². The normalized spacial score (nSPS) is 10.5. The van der Waals surface area contributed by atoms with Gasteiger partial charge in [0.2, 0.25) is 5.56 Å². The molecule has 0 unspecified atom stereocenters. The van der Waals surface area contributed by atoms with E-state index in [-0.39, 0.29) is 11.3 Å². The van der Waals surface area contributed by atoms with E-state index in [0.29, 0.717) is 16.5 Å². The standard InChI is InChI=1S/C10H10N4O3S/c1-14-9(6-2-3-7(15)11-4-6)12-13-10(14)18-5-8(16)17/h2-4H,5H2,1H3,(H,11,15)(H,16,17). The lowest BCUT2D eigenvalue weighted by molar-refractivity contribution is -0.133. The molecule has 0 aliphatic rings. The van der Waals surface area contributed by atoms with Gasteiger partial charge >= 0.3 is 5.97 Å². The number of nitrogens with one attached hydrogen (secondary N) is 1. The summed E-state index contributed by atoms with van der Waals surface area (Å²) in [6.45, 7) is 0.